The van der Waals surface area contributed by atoms with Crippen LogP contribution in [0.3, 0.4) is 0 Å². The number of nitro groups is 1. The van der Waals surface area contributed by atoms with Crippen molar-refractivity contribution in [3.8, 4) is 5.75 Å². The minimum Gasteiger partial charge on any atom is -0.490 e. The fraction of sp³-hybridized carbons (Fsp3) is 0.125. The van der Waals surface area contributed by atoms with Gasteiger partial charge in [-0.25, -0.2) is 0 Å². The molecule has 6 heteroatoms. The smallest absolute Gasteiger partial charge is 0.311 e. The molecule has 0 aliphatic carbocycles. The largest absolute Gasteiger partial charge is 0.490 e. The first-order valence-corrected chi connectivity index (χ1v) is 3.96. The molecule has 14 heavy (non-hydrogen) atoms. The Hall–Kier alpha value is -1.62. The minimum absolute atomic E-state index is 0.0687. The maximum Gasteiger partial charge on any atom is 0.311 e. The molecule has 0 saturated heterocycles. The average molecular weight is 216 g/mol. The number of rotatable bonds is 3. The quantitative estimate of drug-likeness (QED) is 0.439. The first kappa shape index (κ1) is 10.5. The molecule has 0 N–H and O–H groups in total. The third-order valence-corrected chi connectivity index (χ3v) is 1.82. The maximum atomic E-state index is 10.7. The summed E-state index contributed by atoms with van der Waals surface area (Å²) in [7, 11) is 1.31. The first-order chi connectivity index (χ1) is 6.56. The zero-order valence-corrected chi connectivity index (χ0v) is 7.95. The van der Waals surface area contributed by atoms with Crippen LogP contribution < -0.4 is 4.74 Å². The SMILES string of the molecule is COc1ccc(C(=O)Cl)cc1[N+](=O)[O-]. The summed E-state index contributed by atoms with van der Waals surface area (Å²) in [4.78, 5) is 20.6. The third-order valence-electron chi connectivity index (χ3n) is 1.60. The maximum absolute atomic E-state index is 10.7. The van der Waals surface area contributed by atoms with Crippen molar-refractivity contribution in [3.05, 3.63) is 33.9 Å². The van der Waals surface area contributed by atoms with E-state index in [9.17, 15) is 14.9 Å². The Morgan fingerprint density at radius 2 is 2.21 bits per heavy atom. The number of nitro benzene ring substituents is 1. The van der Waals surface area contributed by atoms with Gasteiger partial charge in [-0.15, -0.1) is 0 Å². The molecule has 0 bridgehead atoms. The fourth-order valence-electron chi connectivity index (χ4n) is 0.955. The average Bonchev–Trinajstić information content (AvgIpc) is 2.16. The molecule has 0 fully saturated rings. The van der Waals surface area contributed by atoms with Gasteiger partial charge in [-0.3, -0.25) is 14.9 Å². The third kappa shape index (κ3) is 2.00. The van der Waals surface area contributed by atoms with Crippen LogP contribution in [0.2, 0.25) is 0 Å². The highest BCUT2D eigenvalue weighted by molar-refractivity contribution is 6.67. The summed E-state index contributed by atoms with van der Waals surface area (Å²) >= 11 is 5.17. The van der Waals surface area contributed by atoms with Crippen LogP contribution in [0.1, 0.15) is 10.4 Å². The van der Waals surface area contributed by atoms with Crippen molar-refractivity contribution in [1.82, 2.24) is 0 Å². The van der Waals surface area contributed by atoms with Gasteiger partial charge in [0, 0.05) is 11.6 Å². The van der Waals surface area contributed by atoms with Crippen LogP contribution >= 0.6 is 11.6 Å². The second kappa shape index (κ2) is 4.06. The number of carbonyl (C=O) groups excluding carboxylic acids is 1. The Morgan fingerprint density at radius 3 is 2.64 bits per heavy atom. The number of methoxy groups -OCH3 is 1. The van der Waals surface area contributed by atoms with E-state index < -0.39 is 10.2 Å². The summed E-state index contributed by atoms with van der Waals surface area (Å²) in [5.41, 5.74) is -0.210. The standard InChI is InChI=1S/C8H6ClNO4/c1-14-7-3-2-5(8(9)11)4-6(7)10(12)13/h2-4H,1H3. The molecule has 0 radical (unpaired) electrons. The molecule has 5 nitrogen and oxygen atoms in total. The van der Waals surface area contributed by atoms with Crippen LogP contribution in [-0.2, 0) is 0 Å². The molecule has 0 aliphatic rings. The van der Waals surface area contributed by atoms with Crippen LogP contribution in [-0.4, -0.2) is 17.3 Å². The molecule has 74 valence electrons. The number of hydrogen-bond donors (Lipinski definition) is 0. The van der Waals surface area contributed by atoms with Crippen molar-refractivity contribution >= 4 is 22.5 Å². The van der Waals surface area contributed by atoms with Crippen molar-refractivity contribution in [2.45, 2.75) is 0 Å². The molecule has 0 aliphatic heterocycles. The van der Waals surface area contributed by atoms with Gasteiger partial charge in [0.15, 0.2) is 5.75 Å². The lowest BCUT2D eigenvalue weighted by Crippen LogP contribution is -1.96. The normalized spacial score (nSPS) is 9.57. The van der Waals surface area contributed by atoms with E-state index in [2.05, 4.69) is 0 Å². The van der Waals surface area contributed by atoms with Crippen LogP contribution in [0.25, 0.3) is 0 Å². The fourth-order valence-corrected chi connectivity index (χ4v) is 1.07. The number of halogens is 1. The predicted octanol–water partition coefficient (Wildman–Crippen LogP) is 1.98. The van der Waals surface area contributed by atoms with Crippen molar-refractivity contribution in [2.75, 3.05) is 7.11 Å². The first-order valence-electron chi connectivity index (χ1n) is 3.58. The van der Waals surface area contributed by atoms with E-state index in [1.165, 1.54) is 19.2 Å². The molecule has 1 aromatic rings. The molecule has 0 saturated carbocycles. The highest BCUT2D eigenvalue weighted by Gasteiger charge is 2.16. The summed E-state index contributed by atoms with van der Waals surface area (Å²) in [6.45, 7) is 0. The highest BCUT2D eigenvalue weighted by atomic mass is 35.5. The zero-order valence-electron chi connectivity index (χ0n) is 7.19. The lowest BCUT2D eigenvalue weighted by atomic mass is 10.2. The van der Waals surface area contributed by atoms with E-state index in [1.807, 2.05) is 0 Å². The predicted molar refractivity (Wildman–Crippen MR) is 49.8 cm³/mol. The molecule has 0 heterocycles. The molecule has 0 amide bonds. The van der Waals surface area contributed by atoms with Gasteiger partial charge >= 0.3 is 5.69 Å². The topological polar surface area (TPSA) is 69.4 Å². The van der Waals surface area contributed by atoms with Gasteiger partial charge < -0.3 is 4.74 Å². The van der Waals surface area contributed by atoms with E-state index in [0.29, 0.717) is 0 Å². The lowest BCUT2D eigenvalue weighted by molar-refractivity contribution is -0.385. The van der Waals surface area contributed by atoms with Gasteiger partial charge in [-0.2, -0.15) is 0 Å². The Kier molecular flexibility index (Phi) is 3.03. The van der Waals surface area contributed by atoms with Crippen LogP contribution in [0.4, 0.5) is 5.69 Å². The molecule has 1 aromatic carbocycles. The highest BCUT2D eigenvalue weighted by Crippen LogP contribution is 2.27. The zero-order chi connectivity index (χ0) is 10.7. The number of benzene rings is 1. The van der Waals surface area contributed by atoms with Crippen LogP contribution in [0.15, 0.2) is 18.2 Å². The Balaban J connectivity index is 3.27. The molecule has 1 rings (SSSR count). The lowest BCUT2D eigenvalue weighted by Gasteiger charge is -2.01. The Bertz CT molecular complexity index is 391. The van der Waals surface area contributed by atoms with Crippen molar-refractivity contribution in [3.63, 3.8) is 0 Å². The molecule has 0 unspecified atom stereocenters. The number of carbonyl (C=O) groups is 1. The molecular formula is C8H6ClNO4. The second-order valence-electron chi connectivity index (χ2n) is 2.42. The van der Waals surface area contributed by atoms with Crippen LogP contribution in [0.5, 0.6) is 5.75 Å². The van der Waals surface area contributed by atoms with Gasteiger partial charge in [0.2, 0.25) is 0 Å². The summed E-state index contributed by atoms with van der Waals surface area (Å²) in [5.74, 6) is 0.0941. The minimum atomic E-state index is -0.740. The van der Waals surface area contributed by atoms with E-state index in [4.69, 9.17) is 16.3 Å². The van der Waals surface area contributed by atoms with Gasteiger partial charge in [0.1, 0.15) is 0 Å². The van der Waals surface area contributed by atoms with Gasteiger partial charge in [-0.1, -0.05) is 0 Å². The summed E-state index contributed by atoms with van der Waals surface area (Å²) in [5, 5.41) is 9.79. The van der Waals surface area contributed by atoms with Gasteiger partial charge in [-0.05, 0) is 23.7 Å². The molecule has 0 aromatic heterocycles. The van der Waals surface area contributed by atoms with Crippen molar-refractivity contribution in [2.24, 2.45) is 0 Å². The second-order valence-corrected chi connectivity index (χ2v) is 2.76. The summed E-state index contributed by atoms with van der Waals surface area (Å²) in [6.07, 6.45) is 0. The Morgan fingerprint density at radius 1 is 1.57 bits per heavy atom. The van der Waals surface area contributed by atoms with Gasteiger partial charge in [0.05, 0.1) is 12.0 Å². The molecular weight excluding hydrogens is 210 g/mol. The number of hydrogen-bond acceptors (Lipinski definition) is 4. The Labute approximate surface area is 84.4 Å². The van der Waals surface area contributed by atoms with Crippen molar-refractivity contribution in [1.29, 1.82) is 0 Å². The van der Waals surface area contributed by atoms with E-state index >= 15 is 0 Å². The number of nitrogens with zero attached hydrogens (tertiary/aromatic N) is 1. The van der Waals surface area contributed by atoms with E-state index in [1.54, 1.807) is 0 Å². The van der Waals surface area contributed by atoms with Crippen LogP contribution in [0, 0.1) is 10.1 Å². The molecule has 0 atom stereocenters. The number of ether oxygens (including phenoxy) is 1. The summed E-state index contributed by atoms with van der Waals surface area (Å²) < 4.78 is 4.75. The van der Waals surface area contributed by atoms with E-state index in [0.717, 1.165) is 6.07 Å². The van der Waals surface area contributed by atoms with Gasteiger partial charge in [0.25, 0.3) is 5.24 Å². The van der Waals surface area contributed by atoms with E-state index in [-0.39, 0.29) is 17.0 Å². The summed E-state index contributed by atoms with van der Waals surface area (Å²) in [6, 6.07) is 3.77. The van der Waals surface area contributed by atoms with Crippen molar-refractivity contribution < 1.29 is 14.5 Å². The molecule has 0 spiro atoms. The monoisotopic (exact) mass is 215 g/mol.